The minimum atomic E-state index is -0.0815. The van der Waals surface area contributed by atoms with Gasteiger partial charge >= 0.3 is 0 Å². The summed E-state index contributed by atoms with van der Waals surface area (Å²) in [6, 6.07) is 1.75. The standard InChI is InChI=1S/C10H15N3O2.ClH/c1-7-5-9(12-15-7)10(14)13-4-2-3-8(11)6-13;/h5,8H,2-4,6,11H2,1H3;1H. The summed E-state index contributed by atoms with van der Waals surface area (Å²) in [4.78, 5) is 13.6. The largest absolute Gasteiger partial charge is 0.361 e. The van der Waals surface area contributed by atoms with Gasteiger partial charge in [0.25, 0.3) is 5.91 Å². The monoisotopic (exact) mass is 245 g/mol. The Hall–Kier alpha value is -1.07. The van der Waals surface area contributed by atoms with E-state index in [0.717, 1.165) is 19.4 Å². The van der Waals surface area contributed by atoms with Crippen LogP contribution in [0.5, 0.6) is 0 Å². The lowest BCUT2D eigenvalue weighted by Gasteiger charge is -2.29. The molecule has 0 saturated carbocycles. The minimum Gasteiger partial charge on any atom is -0.361 e. The van der Waals surface area contributed by atoms with E-state index >= 15 is 0 Å². The molecule has 2 N–H and O–H groups in total. The summed E-state index contributed by atoms with van der Waals surface area (Å²) in [5.74, 6) is 0.571. The van der Waals surface area contributed by atoms with Crippen LogP contribution in [0.3, 0.4) is 0 Å². The first-order valence-corrected chi connectivity index (χ1v) is 5.15. The molecule has 0 spiro atoms. The minimum absolute atomic E-state index is 0. The highest BCUT2D eigenvalue weighted by atomic mass is 35.5. The molecule has 1 unspecified atom stereocenters. The highest BCUT2D eigenvalue weighted by molar-refractivity contribution is 5.92. The third-order valence-corrected chi connectivity index (χ3v) is 2.59. The van der Waals surface area contributed by atoms with E-state index in [9.17, 15) is 4.79 Å². The van der Waals surface area contributed by atoms with Crippen molar-refractivity contribution in [2.24, 2.45) is 5.73 Å². The maximum Gasteiger partial charge on any atom is 0.276 e. The second kappa shape index (κ2) is 5.32. The molecule has 90 valence electrons. The van der Waals surface area contributed by atoms with E-state index in [2.05, 4.69) is 5.16 Å². The van der Waals surface area contributed by atoms with Crippen LogP contribution in [0.15, 0.2) is 10.6 Å². The number of aromatic nitrogens is 1. The number of amides is 1. The molecular weight excluding hydrogens is 230 g/mol. The molecule has 1 amide bonds. The number of nitrogens with zero attached hydrogens (tertiary/aromatic N) is 2. The Morgan fingerprint density at radius 3 is 3.00 bits per heavy atom. The number of likely N-dealkylation sites (tertiary alicyclic amines) is 1. The van der Waals surface area contributed by atoms with Gasteiger partial charge in [-0.25, -0.2) is 0 Å². The fourth-order valence-corrected chi connectivity index (χ4v) is 1.82. The normalized spacial score (nSPS) is 20.4. The first-order chi connectivity index (χ1) is 7.16. The van der Waals surface area contributed by atoms with E-state index in [0.29, 0.717) is 18.0 Å². The van der Waals surface area contributed by atoms with Crippen molar-refractivity contribution < 1.29 is 9.32 Å². The molecule has 6 heteroatoms. The van der Waals surface area contributed by atoms with Crippen molar-refractivity contribution in [1.82, 2.24) is 10.1 Å². The fourth-order valence-electron chi connectivity index (χ4n) is 1.82. The van der Waals surface area contributed by atoms with Gasteiger partial charge in [-0.1, -0.05) is 5.16 Å². The van der Waals surface area contributed by atoms with Crippen molar-refractivity contribution in [3.63, 3.8) is 0 Å². The van der Waals surface area contributed by atoms with E-state index < -0.39 is 0 Å². The predicted octanol–water partition coefficient (Wildman–Crippen LogP) is 0.968. The summed E-state index contributed by atoms with van der Waals surface area (Å²) in [5.41, 5.74) is 6.18. The van der Waals surface area contributed by atoms with Crippen LogP contribution in [0.1, 0.15) is 29.1 Å². The Bertz CT molecular complexity index is 367. The summed E-state index contributed by atoms with van der Waals surface area (Å²) < 4.78 is 4.87. The van der Waals surface area contributed by atoms with Crippen LogP contribution >= 0.6 is 12.4 Å². The first-order valence-electron chi connectivity index (χ1n) is 5.15. The van der Waals surface area contributed by atoms with Gasteiger partial charge in [-0.2, -0.15) is 0 Å². The summed E-state index contributed by atoms with van der Waals surface area (Å²) in [7, 11) is 0. The highest BCUT2D eigenvalue weighted by Gasteiger charge is 2.24. The van der Waals surface area contributed by atoms with E-state index in [1.807, 2.05) is 0 Å². The number of carbonyl (C=O) groups is 1. The molecular formula is C10H16ClN3O2. The molecule has 1 atom stereocenters. The number of hydrogen-bond donors (Lipinski definition) is 1. The molecule has 0 bridgehead atoms. The zero-order chi connectivity index (χ0) is 10.8. The zero-order valence-electron chi connectivity index (χ0n) is 9.18. The van der Waals surface area contributed by atoms with E-state index in [1.54, 1.807) is 17.9 Å². The van der Waals surface area contributed by atoms with Crippen LogP contribution in [0.4, 0.5) is 0 Å². The van der Waals surface area contributed by atoms with Gasteiger partial charge in [0, 0.05) is 25.2 Å². The average Bonchev–Trinajstić information content (AvgIpc) is 2.64. The molecule has 1 aromatic heterocycles. The number of carbonyl (C=O) groups excluding carboxylic acids is 1. The number of aryl methyl sites for hydroxylation is 1. The number of rotatable bonds is 1. The molecule has 1 saturated heterocycles. The van der Waals surface area contributed by atoms with E-state index in [-0.39, 0.29) is 24.4 Å². The van der Waals surface area contributed by atoms with Crippen molar-refractivity contribution in [1.29, 1.82) is 0 Å². The molecule has 16 heavy (non-hydrogen) atoms. The average molecular weight is 246 g/mol. The van der Waals surface area contributed by atoms with Crippen LogP contribution in [-0.2, 0) is 0 Å². The fraction of sp³-hybridized carbons (Fsp3) is 0.600. The van der Waals surface area contributed by atoms with Crippen molar-refractivity contribution in [2.45, 2.75) is 25.8 Å². The molecule has 1 aromatic rings. The molecule has 1 aliphatic rings. The Balaban J connectivity index is 0.00000128. The van der Waals surface area contributed by atoms with E-state index in [4.69, 9.17) is 10.3 Å². The maximum absolute atomic E-state index is 11.9. The number of nitrogens with two attached hydrogens (primary N) is 1. The van der Waals surface area contributed by atoms with Crippen molar-refractivity contribution in [2.75, 3.05) is 13.1 Å². The van der Waals surface area contributed by atoms with Crippen LogP contribution in [-0.4, -0.2) is 35.1 Å². The lowest BCUT2D eigenvalue weighted by molar-refractivity contribution is 0.0698. The molecule has 0 aromatic carbocycles. The van der Waals surface area contributed by atoms with Crippen LogP contribution in [0, 0.1) is 6.92 Å². The third-order valence-electron chi connectivity index (χ3n) is 2.59. The highest BCUT2D eigenvalue weighted by Crippen LogP contribution is 2.12. The van der Waals surface area contributed by atoms with Gasteiger partial charge in [0.1, 0.15) is 5.76 Å². The molecule has 1 fully saturated rings. The maximum atomic E-state index is 11.9. The molecule has 5 nitrogen and oxygen atoms in total. The molecule has 1 aliphatic heterocycles. The first kappa shape index (κ1) is 13.0. The summed E-state index contributed by atoms with van der Waals surface area (Å²) in [6.45, 7) is 3.15. The third kappa shape index (κ3) is 2.74. The number of halogens is 1. The van der Waals surface area contributed by atoms with Gasteiger partial charge in [0.2, 0.25) is 0 Å². The lowest BCUT2D eigenvalue weighted by Crippen LogP contribution is -2.45. The summed E-state index contributed by atoms with van der Waals surface area (Å²) in [5, 5.41) is 3.71. The van der Waals surface area contributed by atoms with Gasteiger partial charge in [-0.15, -0.1) is 12.4 Å². The smallest absolute Gasteiger partial charge is 0.276 e. The number of piperidine rings is 1. The summed E-state index contributed by atoms with van der Waals surface area (Å²) in [6.07, 6.45) is 1.95. The van der Waals surface area contributed by atoms with Gasteiger partial charge in [0.15, 0.2) is 5.69 Å². The van der Waals surface area contributed by atoms with Crippen molar-refractivity contribution in [3.8, 4) is 0 Å². The van der Waals surface area contributed by atoms with Gasteiger partial charge in [-0.05, 0) is 19.8 Å². The predicted molar refractivity (Wildman–Crippen MR) is 61.6 cm³/mol. The van der Waals surface area contributed by atoms with Crippen molar-refractivity contribution >= 4 is 18.3 Å². The summed E-state index contributed by atoms with van der Waals surface area (Å²) >= 11 is 0. The van der Waals surface area contributed by atoms with Crippen LogP contribution in [0.2, 0.25) is 0 Å². The van der Waals surface area contributed by atoms with Gasteiger partial charge < -0.3 is 15.2 Å². The molecule has 2 rings (SSSR count). The zero-order valence-corrected chi connectivity index (χ0v) is 10.00. The van der Waals surface area contributed by atoms with Gasteiger partial charge in [-0.3, -0.25) is 4.79 Å². The van der Waals surface area contributed by atoms with E-state index in [1.165, 1.54) is 0 Å². The van der Waals surface area contributed by atoms with Gasteiger partial charge in [0.05, 0.1) is 0 Å². The topological polar surface area (TPSA) is 72.4 Å². The second-order valence-electron chi connectivity index (χ2n) is 3.98. The lowest BCUT2D eigenvalue weighted by atomic mass is 10.1. The molecule has 2 heterocycles. The SMILES string of the molecule is Cc1cc(C(=O)N2CCCC(N)C2)no1.Cl. The second-order valence-corrected chi connectivity index (χ2v) is 3.98. The Morgan fingerprint density at radius 2 is 2.44 bits per heavy atom. The molecule has 0 aliphatic carbocycles. The Labute approximate surface area is 100 Å². The Morgan fingerprint density at radius 1 is 1.69 bits per heavy atom. The Kier molecular flexibility index (Phi) is 4.32. The number of hydrogen-bond acceptors (Lipinski definition) is 4. The quantitative estimate of drug-likeness (QED) is 0.800. The van der Waals surface area contributed by atoms with Crippen LogP contribution in [0.25, 0.3) is 0 Å². The van der Waals surface area contributed by atoms with Crippen molar-refractivity contribution in [3.05, 3.63) is 17.5 Å². The molecule has 0 radical (unpaired) electrons. The van der Waals surface area contributed by atoms with Crippen LogP contribution < -0.4 is 5.73 Å².